The van der Waals surface area contributed by atoms with Gasteiger partial charge in [0, 0.05) is 24.7 Å². The summed E-state index contributed by atoms with van der Waals surface area (Å²) in [5.41, 5.74) is 1.30. The number of benzene rings is 1. The van der Waals surface area contributed by atoms with Crippen LogP contribution in [0.5, 0.6) is 0 Å². The van der Waals surface area contributed by atoms with Crippen molar-refractivity contribution in [3.05, 3.63) is 63.6 Å². The summed E-state index contributed by atoms with van der Waals surface area (Å²) in [7, 11) is 0. The quantitative estimate of drug-likeness (QED) is 0.916. The third-order valence-corrected chi connectivity index (χ3v) is 4.15. The van der Waals surface area contributed by atoms with E-state index in [2.05, 4.69) is 9.97 Å². The molecule has 2 heterocycles. The Kier molecular flexibility index (Phi) is 5.23. The fraction of sp³-hybridized carbons (Fsp3) is 0.389. The van der Waals surface area contributed by atoms with E-state index in [-0.39, 0.29) is 17.3 Å². The minimum atomic E-state index is -0.434. The summed E-state index contributed by atoms with van der Waals surface area (Å²) in [4.78, 5) is 32.7. The first-order chi connectivity index (χ1) is 12.0. The third-order valence-electron chi connectivity index (χ3n) is 4.15. The van der Waals surface area contributed by atoms with Gasteiger partial charge in [0.25, 0.3) is 5.56 Å². The highest BCUT2D eigenvalue weighted by atomic mass is 19.1. The van der Waals surface area contributed by atoms with Crippen molar-refractivity contribution in [1.82, 2.24) is 14.9 Å². The van der Waals surface area contributed by atoms with E-state index in [1.807, 2.05) is 0 Å². The van der Waals surface area contributed by atoms with Gasteiger partial charge in [0.15, 0.2) is 0 Å². The molecule has 1 aliphatic rings. The summed E-state index contributed by atoms with van der Waals surface area (Å²) < 4.78 is 18.6. The molecule has 2 aromatic rings. The number of nitrogens with one attached hydrogen (secondary N) is 1. The molecule has 6 nitrogen and oxygen atoms in total. The van der Waals surface area contributed by atoms with Gasteiger partial charge >= 0.3 is 0 Å². The van der Waals surface area contributed by atoms with Gasteiger partial charge in [0.05, 0.1) is 13.2 Å². The Morgan fingerprint density at radius 1 is 1.40 bits per heavy atom. The highest BCUT2D eigenvalue weighted by molar-refractivity contribution is 5.76. The zero-order valence-corrected chi connectivity index (χ0v) is 14.0. The van der Waals surface area contributed by atoms with E-state index >= 15 is 0 Å². The van der Waals surface area contributed by atoms with Crippen LogP contribution in [0.25, 0.3) is 0 Å². The van der Waals surface area contributed by atoms with Crippen molar-refractivity contribution in [3.8, 4) is 0 Å². The molecule has 1 aliphatic heterocycles. The van der Waals surface area contributed by atoms with Crippen molar-refractivity contribution in [2.75, 3.05) is 19.7 Å². The SMILES string of the molecule is Cc1cc(=O)[nH]c([C@H]2CN(C(=O)CCc3ccc(F)cc3)CCO2)n1. The van der Waals surface area contributed by atoms with Crippen molar-refractivity contribution in [2.24, 2.45) is 0 Å². The lowest BCUT2D eigenvalue weighted by atomic mass is 10.1. The zero-order chi connectivity index (χ0) is 17.8. The van der Waals surface area contributed by atoms with Gasteiger partial charge in [-0.2, -0.15) is 0 Å². The summed E-state index contributed by atoms with van der Waals surface area (Å²) in [5.74, 6) is 0.166. The van der Waals surface area contributed by atoms with Crippen molar-refractivity contribution in [1.29, 1.82) is 0 Å². The minimum absolute atomic E-state index is 0.00706. The number of ether oxygens (including phenoxy) is 1. The lowest BCUT2D eigenvalue weighted by molar-refractivity contribution is -0.139. The smallest absolute Gasteiger partial charge is 0.251 e. The molecule has 132 valence electrons. The van der Waals surface area contributed by atoms with E-state index in [0.717, 1.165) is 5.56 Å². The number of rotatable bonds is 4. The van der Waals surface area contributed by atoms with E-state index in [4.69, 9.17) is 4.74 Å². The van der Waals surface area contributed by atoms with E-state index in [0.29, 0.717) is 44.1 Å². The van der Waals surface area contributed by atoms with Crippen LogP contribution >= 0.6 is 0 Å². The lowest BCUT2D eigenvalue weighted by Crippen LogP contribution is -2.43. The Hall–Kier alpha value is -2.54. The van der Waals surface area contributed by atoms with Gasteiger partial charge in [0.1, 0.15) is 17.7 Å². The van der Waals surface area contributed by atoms with Crippen molar-refractivity contribution < 1.29 is 13.9 Å². The maximum absolute atomic E-state index is 12.9. The van der Waals surface area contributed by atoms with Gasteiger partial charge in [-0.3, -0.25) is 9.59 Å². The van der Waals surface area contributed by atoms with Crippen LogP contribution in [0.4, 0.5) is 4.39 Å². The summed E-state index contributed by atoms with van der Waals surface area (Å²) in [6.07, 6.45) is 0.465. The molecule has 25 heavy (non-hydrogen) atoms. The molecule has 1 aromatic carbocycles. The van der Waals surface area contributed by atoms with E-state index in [9.17, 15) is 14.0 Å². The van der Waals surface area contributed by atoms with E-state index in [1.165, 1.54) is 18.2 Å². The first-order valence-electron chi connectivity index (χ1n) is 8.23. The first-order valence-corrected chi connectivity index (χ1v) is 8.23. The average molecular weight is 345 g/mol. The number of halogens is 1. The van der Waals surface area contributed by atoms with E-state index in [1.54, 1.807) is 24.0 Å². The van der Waals surface area contributed by atoms with Crippen LogP contribution in [0.2, 0.25) is 0 Å². The molecule has 0 spiro atoms. The number of carbonyl (C=O) groups excluding carboxylic acids is 1. The molecular weight excluding hydrogens is 325 g/mol. The molecule has 0 saturated carbocycles. The molecule has 1 fully saturated rings. The molecule has 1 N–H and O–H groups in total. The number of hydrogen-bond acceptors (Lipinski definition) is 4. The Morgan fingerprint density at radius 3 is 2.88 bits per heavy atom. The Bertz CT molecular complexity index is 804. The fourth-order valence-corrected chi connectivity index (χ4v) is 2.86. The third kappa shape index (κ3) is 4.51. The molecule has 7 heteroatoms. The second-order valence-corrected chi connectivity index (χ2v) is 6.10. The maximum atomic E-state index is 12.9. The lowest BCUT2D eigenvalue weighted by Gasteiger charge is -2.32. The molecule has 0 unspecified atom stereocenters. The van der Waals surface area contributed by atoms with Crippen LogP contribution in [-0.4, -0.2) is 40.5 Å². The fourth-order valence-electron chi connectivity index (χ4n) is 2.86. The highest BCUT2D eigenvalue weighted by Crippen LogP contribution is 2.19. The first kappa shape index (κ1) is 17.3. The molecular formula is C18H20FN3O3. The van der Waals surface area contributed by atoms with Crippen LogP contribution in [0.1, 0.15) is 29.6 Å². The highest BCUT2D eigenvalue weighted by Gasteiger charge is 2.26. The van der Waals surface area contributed by atoms with Crippen LogP contribution in [-0.2, 0) is 16.0 Å². The predicted octanol–water partition coefficient (Wildman–Crippen LogP) is 1.75. The number of aromatic nitrogens is 2. The van der Waals surface area contributed by atoms with Crippen LogP contribution < -0.4 is 5.56 Å². The van der Waals surface area contributed by atoms with Gasteiger partial charge in [-0.05, 0) is 31.0 Å². The molecule has 1 aromatic heterocycles. The number of morpholine rings is 1. The van der Waals surface area contributed by atoms with Gasteiger partial charge < -0.3 is 14.6 Å². The van der Waals surface area contributed by atoms with Gasteiger partial charge in [-0.15, -0.1) is 0 Å². The van der Waals surface area contributed by atoms with Gasteiger partial charge in [-0.25, -0.2) is 9.37 Å². The van der Waals surface area contributed by atoms with Crippen molar-refractivity contribution in [3.63, 3.8) is 0 Å². The van der Waals surface area contributed by atoms with Crippen molar-refractivity contribution in [2.45, 2.75) is 25.9 Å². The Balaban J connectivity index is 1.61. The normalized spacial score (nSPS) is 17.5. The molecule has 1 atom stereocenters. The molecule has 0 radical (unpaired) electrons. The topological polar surface area (TPSA) is 75.3 Å². The number of hydrogen-bond donors (Lipinski definition) is 1. The van der Waals surface area contributed by atoms with Crippen LogP contribution in [0.3, 0.4) is 0 Å². The molecule has 1 amide bonds. The number of carbonyl (C=O) groups is 1. The summed E-state index contributed by atoms with van der Waals surface area (Å²) in [6.45, 7) is 3.00. The number of H-pyrrole nitrogens is 1. The molecule has 1 saturated heterocycles. The summed E-state index contributed by atoms with van der Waals surface area (Å²) in [6, 6.07) is 7.57. The maximum Gasteiger partial charge on any atom is 0.251 e. The average Bonchev–Trinajstić information content (AvgIpc) is 2.60. The Morgan fingerprint density at radius 2 is 2.16 bits per heavy atom. The second kappa shape index (κ2) is 7.57. The number of aryl methyl sites for hydroxylation is 2. The number of amides is 1. The van der Waals surface area contributed by atoms with Gasteiger partial charge in [0.2, 0.25) is 5.91 Å². The molecule has 0 aliphatic carbocycles. The molecule has 0 bridgehead atoms. The molecule has 3 rings (SSSR count). The standard InChI is InChI=1S/C18H20FN3O3/c1-12-10-16(23)21-18(20-12)15-11-22(8-9-25-15)17(24)7-4-13-2-5-14(19)6-3-13/h2-3,5-6,10,15H,4,7-9,11H2,1H3,(H,20,21,23)/t15-/m1/s1. The van der Waals surface area contributed by atoms with Crippen molar-refractivity contribution >= 4 is 5.91 Å². The summed E-state index contributed by atoms with van der Waals surface area (Å²) >= 11 is 0. The van der Waals surface area contributed by atoms with Crippen LogP contribution in [0.15, 0.2) is 35.1 Å². The van der Waals surface area contributed by atoms with E-state index < -0.39 is 6.10 Å². The van der Waals surface area contributed by atoms with Gasteiger partial charge in [-0.1, -0.05) is 12.1 Å². The number of nitrogens with zero attached hydrogens (tertiary/aromatic N) is 2. The second-order valence-electron chi connectivity index (χ2n) is 6.10. The monoisotopic (exact) mass is 345 g/mol. The predicted molar refractivity (Wildman–Crippen MR) is 89.6 cm³/mol. The zero-order valence-electron chi connectivity index (χ0n) is 14.0. The Labute approximate surface area is 144 Å². The minimum Gasteiger partial charge on any atom is -0.367 e. The number of aromatic amines is 1. The largest absolute Gasteiger partial charge is 0.367 e. The summed E-state index contributed by atoms with van der Waals surface area (Å²) in [5, 5.41) is 0. The van der Waals surface area contributed by atoms with Crippen LogP contribution in [0, 0.1) is 12.7 Å².